The molecule has 1 saturated heterocycles. The number of hydrogen-bond donors (Lipinski definition) is 1. The molecule has 0 atom stereocenters. The van der Waals surface area contributed by atoms with E-state index in [1.165, 1.54) is 25.7 Å². The minimum absolute atomic E-state index is 0.191. The largest absolute Gasteiger partial charge is 0.411 e. The van der Waals surface area contributed by atoms with Crippen LogP contribution in [0.3, 0.4) is 0 Å². The van der Waals surface area contributed by atoms with Gasteiger partial charge in [0.15, 0.2) is 0 Å². The topological polar surface area (TPSA) is 24.5 Å². The first-order chi connectivity index (χ1) is 8.99. The van der Waals surface area contributed by atoms with Gasteiger partial charge in [-0.1, -0.05) is 12.8 Å². The molecule has 1 spiro atoms. The van der Waals surface area contributed by atoms with Gasteiger partial charge in [0.05, 0.1) is 0 Å². The van der Waals surface area contributed by atoms with Crippen molar-refractivity contribution in [3.63, 3.8) is 0 Å². The summed E-state index contributed by atoms with van der Waals surface area (Å²) in [5, 5.41) is 3.62. The van der Waals surface area contributed by atoms with Gasteiger partial charge in [-0.15, -0.1) is 0 Å². The summed E-state index contributed by atoms with van der Waals surface area (Å²) >= 11 is 0. The highest BCUT2D eigenvalue weighted by Crippen LogP contribution is 2.31. The molecule has 2 rings (SSSR count). The second kappa shape index (κ2) is 6.41. The van der Waals surface area contributed by atoms with Crippen LogP contribution in [-0.2, 0) is 4.74 Å². The molecule has 1 heterocycles. The van der Waals surface area contributed by atoms with Crippen LogP contribution in [0.15, 0.2) is 0 Å². The molecule has 0 bridgehead atoms. The molecule has 2 aliphatic rings. The number of nitrogens with one attached hydrogen (secondary N) is 1. The molecule has 1 aliphatic heterocycles. The number of piperazine rings is 1. The maximum Gasteiger partial charge on any atom is 0.411 e. The van der Waals surface area contributed by atoms with Crippen LogP contribution in [0.25, 0.3) is 0 Å². The van der Waals surface area contributed by atoms with Crippen molar-refractivity contribution in [1.82, 2.24) is 10.2 Å². The maximum atomic E-state index is 11.9. The summed E-state index contributed by atoms with van der Waals surface area (Å²) in [6.07, 6.45) is 1.50. The third-order valence-corrected chi connectivity index (χ3v) is 4.04. The Kier molecular flexibility index (Phi) is 5.09. The normalized spacial score (nSPS) is 24.2. The number of ether oxygens (including phenoxy) is 1. The van der Waals surface area contributed by atoms with Crippen molar-refractivity contribution in [2.24, 2.45) is 0 Å². The molecule has 0 aromatic rings. The number of hydrogen-bond acceptors (Lipinski definition) is 3. The number of halogens is 3. The van der Waals surface area contributed by atoms with Gasteiger partial charge in [0.25, 0.3) is 0 Å². The van der Waals surface area contributed by atoms with Crippen LogP contribution in [0.5, 0.6) is 0 Å². The molecule has 19 heavy (non-hydrogen) atoms. The first-order valence-corrected chi connectivity index (χ1v) is 7.11. The molecular formula is C13H23F3N2O. The molecule has 2 fully saturated rings. The average Bonchev–Trinajstić information content (AvgIpc) is 2.75. The van der Waals surface area contributed by atoms with Crippen LogP contribution in [0.4, 0.5) is 13.2 Å². The van der Waals surface area contributed by atoms with Gasteiger partial charge in [0.1, 0.15) is 6.61 Å². The first kappa shape index (κ1) is 15.1. The molecule has 1 saturated carbocycles. The fourth-order valence-corrected chi connectivity index (χ4v) is 3.20. The Morgan fingerprint density at radius 3 is 2.63 bits per heavy atom. The summed E-state index contributed by atoms with van der Waals surface area (Å²) in [6.45, 7) is 2.91. The molecule has 1 N–H and O–H groups in total. The third-order valence-electron chi connectivity index (χ3n) is 4.04. The molecule has 0 amide bonds. The smallest absolute Gasteiger partial charge is 0.372 e. The Labute approximate surface area is 112 Å². The van der Waals surface area contributed by atoms with E-state index in [9.17, 15) is 13.2 Å². The van der Waals surface area contributed by atoms with Gasteiger partial charge in [-0.3, -0.25) is 0 Å². The SMILES string of the molecule is FC(F)(F)COCCCN1CCNC2(CCCC2)C1. The van der Waals surface area contributed by atoms with E-state index >= 15 is 0 Å². The summed E-state index contributed by atoms with van der Waals surface area (Å²) in [7, 11) is 0. The van der Waals surface area contributed by atoms with Crippen molar-refractivity contribution in [3.05, 3.63) is 0 Å². The van der Waals surface area contributed by atoms with E-state index in [-0.39, 0.29) is 12.1 Å². The van der Waals surface area contributed by atoms with E-state index in [2.05, 4.69) is 15.0 Å². The molecule has 112 valence electrons. The zero-order valence-corrected chi connectivity index (χ0v) is 11.3. The van der Waals surface area contributed by atoms with Crippen molar-refractivity contribution in [2.45, 2.75) is 43.8 Å². The van der Waals surface area contributed by atoms with E-state index < -0.39 is 12.8 Å². The third kappa shape index (κ3) is 4.93. The van der Waals surface area contributed by atoms with E-state index in [0.29, 0.717) is 6.42 Å². The van der Waals surface area contributed by atoms with Crippen molar-refractivity contribution in [3.8, 4) is 0 Å². The van der Waals surface area contributed by atoms with Crippen molar-refractivity contribution < 1.29 is 17.9 Å². The maximum absolute atomic E-state index is 11.9. The Morgan fingerprint density at radius 1 is 1.21 bits per heavy atom. The predicted octanol–water partition coefficient (Wildman–Crippen LogP) is 2.17. The van der Waals surface area contributed by atoms with Crippen LogP contribution in [0, 0.1) is 0 Å². The Balaban J connectivity index is 1.61. The highest BCUT2D eigenvalue weighted by Gasteiger charge is 2.37. The minimum Gasteiger partial charge on any atom is -0.372 e. The fraction of sp³-hybridized carbons (Fsp3) is 1.00. The molecule has 3 nitrogen and oxygen atoms in total. The highest BCUT2D eigenvalue weighted by atomic mass is 19.4. The lowest BCUT2D eigenvalue weighted by molar-refractivity contribution is -0.174. The lowest BCUT2D eigenvalue weighted by Crippen LogP contribution is -2.59. The fourth-order valence-electron chi connectivity index (χ4n) is 3.20. The summed E-state index contributed by atoms with van der Waals surface area (Å²) in [5.74, 6) is 0. The van der Waals surface area contributed by atoms with E-state index in [1.807, 2.05) is 0 Å². The van der Waals surface area contributed by atoms with Gasteiger partial charge in [-0.25, -0.2) is 0 Å². The second-order valence-corrected chi connectivity index (χ2v) is 5.71. The van der Waals surface area contributed by atoms with Crippen molar-refractivity contribution in [2.75, 3.05) is 39.4 Å². The van der Waals surface area contributed by atoms with Gasteiger partial charge < -0.3 is 15.0 Å². The lowest BCUT2D eigenvalue weighted by Gasteiger charge is -2.41. The highest BCUT2D eigenvalue weighted by molar-refractivity contribution is 4.98. The average molecular weight is 280 g/mol. The molecule has 0 aromatic heterocycles. The molecule has 1 aliphatic carbocycles. The zero-order chi connectivity index (χ0) is 13.8. The van der Waals surface area contributed by atoms with Crippen molar-refractivity contribution >= 4 is 0 Å². The summed E-state index contributed by atoms with van der Waals surface area (Å²) < 4.78 is 40.3. The van der Waals surface area contributed by atoms with E-state index in [1.54, 1.807) is 0 Å². The first-order valence-electron chi connectivity index (χ1n) is 7.11. The van der Waals surface area contributed by atoms with Gasteiger partial charge in [-0.2, -0.15) is 13.2 Å². The Hall–Kier alpha value is -0.330. The van der Waals surface area contributed by atoms with Crippen LogP contribution >= 0.6 is 0 Å². The molecule has 0 aromatic carbocycles. The Bertz CT molecular complexity index is 278. The van der Waals surface area contributed by atoms with Gasteiger partial charge in [0.2, 0.25) is 0 Å². The summed E-state index contributed by atoms with van der Waals surface area (Å²) in [5.41, 5.74) is 0.283. The quantitative estimate of drug-likeness (QED) is 0.781. The predicted molar refractivity (Wildman–Crippen MR) is 67.1 cm³/mol. The van der Waals surface area contributed by atoms with Gasteiger partial charge in [-0.05, 0) is 19.3 Å². The van der Waals surface area contributed by atoms with Crippen LogP contribution in [-0.4, -0.2) is 56.0 Å². The minimum atomic E-state index is -4.21. The zero-order valence-electron chi connectivity index (χ0n) is 11.3. The standard InChI is InChI=1S/C13H23F3N2O/c14-13(15,16)11-19-9-3-7-18-8-6-17-12(10-18)4-1-2-5-12/h17H,1-11H2. The second-order valence-electron chi connectivity index (χ2n) is 5.71. The molecular weight excluding hydrogens is 257 g/mol. The molecule has 6 heteroatoms. The number of rotatable bonds is 5. The lowest BCUT2D eigenvalue weighted by atomic mass is 9.94. The van der Waals surface area contributed by atoms with Gasteiger partial charge >= 0.3 is 6.18 Å². The number of alkyl halides is 3. The van der Waals surface area contributed by atoms with E-state index in [0.717, 1.165) is 26.2 Å². The summed E-state index contributed by atoms with van der Waals surface area (Å²) in [6, 6.07) is 0. The number of nitrogens with zero attached hydrogens (tertiary/aromatic N) is 1. The van der Waals surface area contributed by atoms with Crippen molar-refractivity contribution in [1.29, 1.82) is 0 Å². The molecule has 0 unspecified atom stereocenters. The monoisotopic (exact) mass is 280 g/mol. The van der Waals surface area contributed by atoms with Crippen LogP contribution in [0.2, 0.25) is 0 Å². The molecule has 0 radical (unpaired) electrons. The van der Waals surface area contributed by atoms with Crippen LogP contribution < -0.4 is 5.32 Å². The Morgan fingerprint density at radius 2 is 1.95 bits per heavy atom. The summed E-state index contributed by atoms with van der Waals surface area (Å²) in [4.78, 5) is 2.36. The van der Waals surface area contributed by atoms with Crippen LogP contribution in [0.1, 0.15) is 32.1 Å². The van der Waals surface area contributed by atoms with Gasteiger partial charge in [0, 0.05) is 38.3 Å². The van der Waals surface area contributed by atoms with E-state index in [4.69, 9.17) is 0 Å².